The minimum atomic E-state index is -5.07. The van der Waals surface area contributed by atoms with Crippen LogP contribution in [0.3, 0.4) is 0 Å². The second-order valence-corrected chi connectivity index (χ2v) is 3.54. The molecule has 1 rings (SSSR count). The molecule has 2 N–H and O–H groups in total. The van der Waals surface area contributed by atoms with Crippen molar-refractivity contribution in [1.29, 1.82) is 0 Å². The van der Waals surface area contributed by atoms with Crippen LogP contribution < -0.4 is 10.6 Å². The number of hydrogen-bond acceptors (Lipinski definition) is 5. The Kier molecular flexibility index (Phi) is 4.78. The maximum absolute atomic E-state index is 12.1. The fraction of sp³-hybridized carbons (Fsp3) is 0.444. The lowest BCUT2D eigenvalue weighted by atomic mass is 10.3. The number of alkyl halides is 3. The topological polar surface area (TPSA) is 106 Å². The van der Waals surface area contributed by atoms with E-state index in [0.29, 0.717) is 17.4 Å². The number of hydrogen-bond donors (Lipinski definition) is 2. The average Bonchev–Trinajstić information content (AvgIpc) is 2.74. The molecule has 11 heteroatoms. The molecule has 1 aromatic rings. The van der Waals surface area contributed by atoms with Crippen molar-refractivity contribution in [3.63, 3.8) is 0 Å². The number of carbonyl (C=O) groups is 3. The molecule has 8 nitrogen and oxygen atoms in total. The van der Waals surface area contributed by atoms with Crippen LogP contribution in [0.5, 0.6) is 0 Å². The van der Waals surface area contributed by atoms with Crippen LogP contribution in [0.1, 0.15) is 17.4 Å². The van der Waals surface area contributed by atoms with Gasteiger partial charge in [0.15, 0.2) is 5.69 Å². The van der Waals surface area contributed by atoms with Crippen molar-refractivity contribution >= 4 is 17.7 Å². The molecule has 0 spiro atoms. The summed E-state index contributed by atoms with van der Waals surface area (Å²) in [6.45, 7) is 1.39. The van der Waals surface area contributed by atoms with E-state index >= 15 is 0 Å². The summed E-state index contributed by atoms with van der Waals surface area (Å²) in [5.74, 6) is -2.97. The van der Waals surface area contributed by atoms with Gasteiger partial charge in [0, 0.05) is 6.54 Å². The SMILES string of the molecule is CCNC(=O)NC(=O)Cn1cc(C(=O)C(F)(F)F)nn1. The van der Waals surface area contributed by atoms with Crippen molar-refractivity contribution in [3.8, 4) is 0 Å². The number of nitrogens with one attached hydrogen (secondary N) is 2. The largest absolute Gasteiger partial charge is 0.456 e. The molecule has 0 atom stereocenters. The number of rotatable bonds is 4. The van der Waals surface area contributed by atoms with Gasteiger partial charge in [-0.05, 0) is 6.92 Å². The van der Waals surface area contributed by atoms with Gasteiger partial charge < -0.3 is 5.32 Å². The number of Topliss-reactive ketones (excluding diaryl/α,β-unsaturated/α-hetero) is 1. The van der Waals surface area contributed by atoms with Crippen LogP contribution in [0.2, 0.25) is 0 Å². The van der Waals surface area contributed by atoms with Gasteiger partial charge >= 0.3 is 12.2 Å². The first-order valence-electron chi connectivity index (χ1n) is 5.33. The number of ketones is 1. The van der Waals surface area contributed by atoms with Crippen molar-refractivity contribution < 1.29 is 27.6 Å². The highest BCUT2D eigenvalue weighted by atomic mass is 19.4. The summed E-state index contributed by atoms with van der Waals surface area (Å²) in [5.41, 5.74) is -0.927. The normalized spacial score (nSPS) is 11.0. The molecule has 0 aliphatic carbocycles. The predicted octanol–water partition coefficient (Wildman–Crippen LogP) is -0.131. The summed E-state index contributed by atoms with van der Waals surface area (Å²) in [6.07, 6.45) is -4.39. The average molecular weight is 293 g/mol. The smallest absolute Gasteiger partial charge is 0.338 e. The van der Waals surface area contributed by atoms with Gasteiger partial charge in [-0.25, -0.2) is 9.48 Å². The molecule has 1 aromatic heterocycles. The Bertz CT molecular complexity index is 525. The highest BCUT2D eigenvalue weighted by Gasteiger charge is 2.41. The van der Waals surface area contributed by atoms with Gasteiger partial charge in [0.05, 0.1) is 6.20 Å². The molecule has 0 radical (unpaired) electrons. The fourth-order valence-corrected chi connectivity index (χ4v) is 1.14. The fourth-order valence-electron chi connectivity index (χ4n) is 1.14. The first kappa shape index (κ1) is 15.6. The number of nitrogens with zero attached hydrogens (tertiary/aromatic N) is 3. The van der Waals surface area contributed by atoms with Crippen molar-refractivity contribution in [2.75, 3.05) is 6.54 Å². The molecular weight excluding hydrogens is 283 g/mol. The summed E-state index contributed by atoms with van der Waals surface area (Å²) in [7, 11) is 0. The molecular formula is C9H10F3N5O3. The van der Waals surface area contributed by atoms with Crippen LogP contribution in [0.25, 0.3) is 0 Å². The highest BCUT2D eigenvalue weighted by Crippen LogP contribution is 2.19. The quantitative estimate of drug-likeness (QED) is 0.752. The number of amides is 3. The molecule has 0 fully saturated rings. The van der Waals surface area contributed by atoms with Crippen LogP contribution in [0.4, 0.5) is 18.0 Å². The number of urea groups is 1. The van der Waals surface area contributed by atoms with Gasteiger partial charge in [-0.3, -0.25) is 14.9 Å². The Hall–Kier alpha value is -2.46. The number of carbonyl (C=O) groups excluding carboxylic acids is 3. The maximum Gasteiger partial charge on any atom is 0.456 e. The maximum atomic E-state index is 12.1. The van der Waals surface area contributed by atoms with E-state index in [1.54, 1.807) is 6.92 Å². The Labute approximate surface area is 110 Å². The zero-order valence-electron chi connectivity index (χ0n) is 10.2. The van der Waals surface area contributed by atoms with Gasteiger partial charge in [0.2, 0.25) is 5.91 Å². The third-order valence-corrected chi connectivity index (χ3v) is 1.92. The minimum Gasteiger partial charge on any atom is -0.338 e. The third kappa shape index (κ3) is 4.33. The minimum absolute atomic E-state index is 0.298. The van der Waals surface area contributed by atoms with Gasteiger partial charge in [-0.2, -0.15) is 13.2 Å². The van der Waals surface area contributed by atoms with E-state index in [-0.39, 0.29) is 0 Å². The second kappa shape index (κ2) is 6.12. The lowest BCUT2D eigenvalue weighted by molar-refractivity contribution is -0.120. The summed E-state index contributed by atoms with van der Waals surface area (Å²) in [5, 5.41) is 10.4. The van der Waals surface area contributed by atoms with Crippen LogP contribution in [-0.4, -0.2) is 45.4 Å². The van der Waals surface area contributed by atoms with Gasteiger partial charge in [0.25, 0.3) is 5.78 Å². The van der Waals surface area contributed by atoms with Gasteiger partial charge in [0.1, 0.15) is 6.54 Å². The second-order valence-electron chi connectivity index (χ2n) is 3.54. The molecule has 20 heavy (non-hydrogen) atoms. The van der Waals surface area contributed by atoms with Crippen molar-refractivity contribution in [3.05, 3.63) is 11.9 Å². The van der Waals surface area contributed by atoms with Crippen molar-refractivity contribution in [1.82, 2.24) is 25.6 Å². The summed E-state index contributed by atoms with van der Waals surface area (Å²) in [4.78, 5) is 33.1. The van der Waals surface area contributed by atoms with Crippen molar-refractivity contribution in [2.24, 2.45) is 0 Å². The molecule has 110 valence electrons. The van der Waals surface area contributed by atoms with Gasteiger partial charge in [-0.15, -0.1) is 5.10 Å². The Balaban J connectivity index is 2.63. The first-order valence-corrected chi connectivity index (χ1v) is 5.33. The highest BCUT2D eigenvalue weighted by molar-refractivity contribution is 5.98. The van der Waals surface area contributed by atoms with E-state index in [4.69, 9.17) is 0 Å². The van der Waals surface area contributed by atoms with Crippen LogP contribution >= 0.6 is 0 Å². The molecule has 0 aliphatic heterocycles. The standard InChI is InChI=1S/C9H10F3N5O3/c1-2-13-8(20)14-6(18)4-17-3-5(15-16-17)7(19)9(10,11)12/h3H,2,4H2,1H3,(H2,13,14,18,20). The zero-order valence-corrected chi connectivity index (χ0v) is 10.2. The predicted molar refractivity (Wildman–Crippen MR) is 57.6 cm³/mol. The van der Waals surface area contributed by atoms with Crippen LogP contribution in [-0.2, 0) is 11.3 Å². The van der Waals surface area contributed by atoms with Crippen LogP contribution in [0.15, 0.2) is 6.20 Å². The van der Waals surface area contributed by atoms with Gasteiger partial charge in [-0.1, -0.05) is 5.21 Å². The molecule has 0 unspecified atom stereocenters. The zero-order chi connectivity index (χ0) is 15.3. The Morgan fingerprint density at radius 3 is 2.55 bits per heavy atom. The van der Waals surface area contributed by atoms with E-state index in [9.17, 15) is 27.6 Å². The molecule has 0 aliphatic rings. The summed E-state index contributed by atoms with van der Waals surface area (Å²) >= 11 is 0. The van der Waals surface area contributed by atoms with E-state index in [1.165, 1.54) is 0 Å². The monoisotopic (exact) mass is 293 g/mol. The van der Waals surface area contributed by atoms with E-state index in [1.807, 2.05) is 5.32 Å². The number of aromatic nitrogens is 3. The molecule has 0 saturated carbocycles. The van der Waals surface area contributed by atoms with E-state index < -0.39 is 36.1 Å². The van der Waals surface area contributed by atoms with E-state index in [0.717, 1.165) is 0 Å². The Morgan fingerprint density at radius 1 is 1.35 bits per heavy atom. The molecule has 1 heterocycles. The summed E-state index contributed by atoms with van der Waals surface area (Å²) in [6, 6.07) is -0.746. The number of halogens is 3. The third-order valence-electron chi connectivity index (χ3n) is 1.92. The van der Waals surface area contributed by atoms with E-state index in [2.05, 4.69) is 15.6 Å². The molecule has 0 saturated heterocycles. The number of imide groups is 1. The van der Waals surface area contributed by atoms with Crippen molar-refractivity contribution in [2.45, 2.75) is 19.6 Å². The summed E-state index contributed by atoms with van der Waals surface area (Å²) < 4.78 is 37.0. The molecule has 0 bridgehead atoms. The first-order chi connectivity index (χ1) is 9.24. The molecule has 0 aromatic carbocycles. The Morgan fingerprint density at radius 2 is 2.00 bits per heavy atom. The van der Waals surface area contributed by atoms with Crippen LogP contribution in [0, 0.1) is 0 Å². The molecule has 3 amide bonds. The lowest BCUT2D eigenvalue weighted by Gasteiger charge is -2.03. The lowest BCUT2D eigenvalue weighted by Crippen LogP contribution is -2.40.